The molecule has 7 heteroatoms. The Morgan fingerprint density at radius 3 is 2.61 bits per heavy atom. The van der Waals surface area contributed by atoms with Crippen molar-refractivity contribution in [1.82, 2.24) is 4.72 Å². The third-order valence-electron chi connectivity index (χ3n) is 4.05. The van der Waals surface area contributed by atoms with Crippen molar-refractivity contribution in [3.63, 3.8) is 0 Å². The van der Waals surface area contributed by atoms with Crippen LogP contribution in [-0.2, 0) is 10.0 Å². The molecule has 0 spiro atoms. The highest BCUT2D eigenvalue weighted by atomic mass is 32.2. The van der Waals surface area contributed by atoms with Gasteiger partial charge in [0.25, 0.3) is 0 Å². The zero-order valence-electron chi connectivity index (χ0n) is 13.3. The summed E-state index contributed by atoms with van der Waals surface area (Å²) in [6, 6.07) is 4.17. The molecule has 0 aromatic heterocycles. The van der Waals surface area contributed by atoms with Gasteiger partial charge in [0.05, 0.1) is 10.5 Å². The predicted molar refractivity (Wildman–Crippen MR) is 89.4 cm³/mol. The summed E-state index contributed by atoms with van der Waals surface area (Å²) in [4.78, 5) is 11.4. The van der Waals surface area contributed by atoms with Crippen LogP contribution in [0.5, 0.6) is 0 Å². The fourth-order valence-electron chi connectivity index (χ4n) is 2.75. The largest absolute Gasteiger partial charge is 0.478 e. The van der Waals surface area contributed by atoms with E-state index in [2.05, 4.69) is 10.0 Å². The minimum absolute atomic E-state index is 0.00263. The van der Waals surface area contributed by atoms with E-state index in [4.69, 9.17) is 0 Å². The molecule has 23 heavy (non-hydrogen) atoms. The summed E-state index contributed by atoms with van der Waals surface area (Å²) >= 11 is 0. The average molecular weight is 340 g/mol. The zero-order chi connectivity index (χ0) is 16.9. The van der Waals surface area contributed by atoms with Gasteiger partial charge in [-0.2, -0.15) is 0 Å². The first-order valence-electron chi connectivity index (χ1n) is 8.07. The van der Waals surface area contributed by atoms with E-state index in [0.29, 0.717) is 12.2 Å². The standard InChI is InChI=1S/C16H24N2O4S/c1-2-3-10-17-15-9-8-13(11-14(15)16(19)20)23(21,22)18-12-6-4-5-7-12/h8-9,11-12,17-18H,2-7,10H2,1H3,(H,19,20). The number of unbranched alkanes of at least 4 members (excludes halogenated alkanes) is 1. The Balaban J connectivity index is 2.21. The lowest BCUT2D eigenvalue weighted by Crippen LogP contribution is -2.32. The molecule has 1 saturated carbocycles. The molecule has 1 aliphatic carbocycles. The molecule has 1 aliphatic rings. The van der Waals surface area contributed by atoms with E-state index < -0.39 is 16.0 Å². The average Bonchev–Trinajstić information content (AvgIpc) is 2.99. The highest BCUT2D eigenvalue weighted by Gasteiger charge is 2.24. The normalized spacial score (nSPS) is 15.7. The van der Waals surface area contributed by atoms with Crippen LogP contribution in [0.25, 0.3) is 0 Å². The van der Waals surface area contributed by atoms with Crippen LogP contribution in [0.3, 0.4) is 0 Å². The number of carbonyl (C=O) groups is 1. The van der Waals surface area contributed by atoms with Crippen LogP contribution in [0.4, 0.5) is 5.69 Å². The highest BCUT2D eigenvalue weighted by Crippen LogP contribution is 2.23. The number of anilines is 1. The quantitative estimate of drug-likeness (QED) is 0.633. The maximum Gasteiger partial charge on any atom is 0.337 e. The Morgan fingerprint density at radius 2 is 2.00 bits per heavy atom. The summed E-state index contributed by atoms with van der Waals surface area (Å²) in [5.74, 6) is -1.14. The van der Waals surface area contributed by atoms with Crippen LogP contribution in [-0.4, -0.2) is 32.1 Å². The number of sulfonamides is 1. The number of benzene rings is 1. The Morgan fingerprint density at radius 1 is 1.30 bits per heavy atom. The minimum Gasteiger partial charge on any atom is -0.478 e. The van der Waals surface area contributed by atoms with Crippen molar-refractivity contribution in [2.75, 3.05) is 11.9 Å². The summed E-state index contributed by atoms with van der Waals surface area (Å²) in [7, 11) is -3.68. The van der Waals surface area contributed by atoms with Gasteiger partial charge in [-0.05, 0) is 37.5 Å². The molecule has 0 radical (unpaired) electrons. The maximum absolute atomic E-state index is 12.4. The number of hydrogen-bond acceptors (Lipinski definition) is 4. The molecular weight excluding hydrogens is 316 g/mol. The summed E-state index contributed by atoms with van der Waals surface area (Å²) < 4.78 is 27.5. The SMILES string of the molecule is CCCCNc1ccc(S(=O)(=O)NC2CCCC2)cc1C(=O)O. The minimum atomic E-state index is -3.68. The highest BCUT2D eigenvalue weighted by molar-refractivity contribution is 7.89. The third-order valence-corrected chi connectivity index (χ3v) is 5.57. The summed E-state index contributed by atoms with van der Waals surface area (Å²) in [6.07, 6.45) is 5.63. The Labute approximate surface area is 137 Å². The molecule has 0 aliphatic heterocycles. The van der Waals surface area contributed by atoms with E-state index in [9.17, 15) is 18.3 Å². The van der Waals surface area contributed by atoms with Gasteiger partial charge in [0, 0.05) is 18.3 Å². The monoisotopic (exact) mass is 340 g/mol. The second-order valence-electron chi connectivity index (χ2n) is 5.90. The number of aromatic carboxylic acids is 1. The van der Waals surface area contributed by atoms with Gasteiger partial charge in [-0.25, -0.2) is 17.9 Å². The summed E-state index contributed by atoms with van der Waals surface area (Å²) in [6.45, 7) is 2.70. The number of carboxylic acids is 1. The van der Waals surface area contributed by atoms with Gasteiger partial charge in [-0.1, -0.05) is 26.2 Å². The first-order chi connectivity index (χ1) is 10.9. The van der Waals surface area contributed by atoms with E-state index in [0.717, 1.165) is 38.5 Å². The first kappa shape index (κ1) is 17.7. The zero-order valence-corrected chi connectivity index (χ0v) is 14.2. The van der Waals surface area contributed by atoms with Crippen molar-refractivity contribution >= 4 is 21.7 Å². The number of rotatable bonds is 8. The first-order valence-corrected chi connectivity index (χ1v) is 9.56. The van der Waals surface area contributed by atoms with Crippen molar-refractivity contribution in [2.45, 2.75) is 56.4 Å². The number of nitrogens with one attached hydrogen (secondary N) is 2. The lowest BCUT2D eigenvalue weighted by molar-refractivity contribution is 0.0697. The van der Waals surface area contributed by atoms with Crippen LogP contribution < -0.4 is 10.0 Å². The Bertz CT molecular complexity index is 652. The van der Waals surface area contributed by atoms with Gasteiger partial charge in [0.1, 0.15) is 0 Å². The molecule has 1 fully saturated rings. The topological polar surface area (TPSA) is 95.5 Å². The molecule has 3 N–H and O–H groups in total. The van der Waals surface area contributed by atoms with Crippen LogP contribution in [0.15, 0.2) is 23.1 Å². The van der Waals surface area contributed by atoms with Crippen LogP contribution in [0.1, 0.15) is 55.8 Å². The molecule has 1 aromatic carbocycles. The molecule has 0 amide bonds. The van der Waals surface area contributed by atoms with Gasteiger partial charge >= 0.3 is 5.97 Å². The molecule has 0 heterocycles. The van der Waals surface area contributed by atoms with Crippen molar-refractivity contribution < 1.29 is 18.3 Å². The van der Waals surface area contributed by atoms with E-state index >= 15 is 0 Å². The lowest BCUT2D eigenvalue weighted by atomic mass is 10.1. The van der Waals surface area contributed by atoms with Crippen LogP contribution >= 0.6 is 0 Å². The molecule has 0 atom stereocenters. The molecule has 2 rings (SSSR count). The van der Waals surface area contributed by atoms with Crippen LogP contribution in [0.2, 0.25) is 0 Å². The molecule has 128 valence electrons. The molecule has 0 saturated heterocycles. The smallest absolute Gasteiger partial charge is 0.337 e. The van der Waals surface area contributed by atoms with Crippen molar-refractivity contribution in [3.8, 4) is 0 Å². The molecule has 1 aromatic rings. The third kappa shape index (κ3) is 4.68. The lowest BCUT2D eigenvalue weighted by Gasteiger charge is -2.14. The Hall–Kier alpha value is -1.60. The van der Waals surface area contributed by atoms with Gasteiger partial charge < -0.3 is 10.4 Å². The fraction of sp³-hybridized carbons (Fsp3) is 0.562. The molecule has 0 unspecified atom stereocenters. The second kappa shape index (κ2) is 7.79. The number of hydrogen-bond donors (Lipinski definition) is 3. The van der Waals surface area contributed by atoms with E-state index in [1.165, 1.54) is 18.2 Å². The van der Waals surface area contributed by atoms with Gasteiger partial charge in [-0.15, -0.1) is 0 Å². The Kier molecular flexibility index (Phi) is 6.01. The number of carboxylic acid groups (broad SMARTS) is 1. The predicted octanol–water partition coefficient (Wildman–Crippen LogP) is 2.82. The van der Waals surface area contributed by atoms with Crippen molar-refractivity contribution in [1.29, 1.82) is 0 Å². The van der Waals surface area contributed by atoms with Gasteiger partial charge in [0.15, 0.2) is 0 Å². The van der Waals surface area contributed by atoms with Crippen molar-refractivity contribution in [3.05, 3.63) is 23.8 Å². The summed E-state index contributed by atoms with van der Waals surface area (Å²) in [5, 5.41) is 12.4. The molecule has 0 bridgehead atoms. The van der Waals surface area contributed by atoms with Crippen LogP contribution in [0, 0.1) is 0 Å². The molecule has 6 nitrogen and oxygen atoms in total. The summed E-state index contributed by atoms with van der Waals surface area (Å²) in [5.41, 5.74) is 0.432. The van der Waals surface area contributed by atoms with Crippen molar-refractivity contribution in [2.24, 2.45) is 0 Å². The van der Waals surface area contributed by atoms with E-state index in [1.807, 2.05) is 6.92 Å². The van der Waals surface area contributed by atoms with Gasteiger partial charge in [-0.3, -0.25) is 0 Å². The van der Waals surface area contributed by atoms with E-state index in [1.54, 1.807) is 0 Å². The van der Waals surface area contributed by atoms with Gasteiger partial charge in [0.2, 0.25) is 10.0 Å². The second-order valence-corrected chi connectivity index (χ2v) is 7.61. The molecular formula is C16H24N2O4S. The maximum atomic E-state index is 12.4. The van der Waals surface area contributed by atoms with E-state index in [-0.39, 0.29) is 16.5 Å². The fourth-order valence-corrected chi connectivity index (χ4v) is 4.08.